The van der Waals surface area contributed by atoms with Crippen LogP contribution in [0.1, 0.15) is 30.9 Å². The molecule has 2 rings (SSSR count). The molecule has 1 unspecified atom stereocenters. The second-order valence-electron chi connectivity index (χ2n) is 5.61. The Morgan fingerprint density at radius 3 is 3.00 bits per heavy atom. The first-order chi connectivity index (χ1) is 9.69. The number of likely N-dealkylation sites (tertiary alicyclic amines) is 1. The van der Waals surface area contributed by atoms with E-state index in [9.17, 15) is 4.79 Å². The molecule has 20 heavy (non-hydrogen) atoms. The van der Waals surface area contributed by atoms with E-state index in [4.69, 9.17) is 4.74 Å². The molecule has 4 heteroatoms. The maximum absolute atomic E-state index is 12.1. The fraction of sp³-hybridized carbons (Fsp3) is 0.562. The third-order valence-corrected chi connectivity index (χ3v) is 3.69. The molecule has 1 saturated heterocycles. The highest BCUT2D eigenvalue weighted by atomic mass is 16.5. The minimum absolute atomic E-state index is 0.0497. The maximum atomic E-state index is 12.1. The fourth-order valence-electron chi connectivity index (χ4n) is 2.66. The number of carbonyl (C=O) groups is 1. The molecule has 1 aliphatic heterocycles. The normalized spacial score (nSPS) is 18.9. The molecule has 0 aliphatic carbocycles. The number of benzene rings is 1. The summed E-state index contributed by atoms with van der Waals surface area (Å²) in [5.74, 6) is 0.611. The maximum Gasteiger partial charge on any atom is 0.317 e. The van der Waals surface area contributed by atoms with E-state index in [0.717, 1.165) is 30.6 Å². The van der Waals surface area contributed by atoms with Crippen molar-refractivity contribution in [3.63, 3.8) is 0 Å². The number of rotatable bonds is 4. The number of hydrogen-bond acceptors (Lipinski definition) is 2. The van der Waals surface area contributed by atoms with Gasteiger partial charge in [0.1, 0.15) is 0 Å². The Morgan fingerprint density at radius 2 is 2.25 bits per heavy atom. The Bertz CT molecular complexity index is 448. The molecule has 1 fully saturated rings. The van der Waals surface area contributed by atoms with Crippen molar-refractivity contribution >= 4 is 6.03 Å². The number of piperidine rings is 1. The lowest BCUT2D eigenvalue weighted by Gasteiger charge is -2.31. The minimum Gasteiger partial charge on any atom is -0.380 e. The number of ether oxygens (including phenoxy) is 1. The average molecular weight is 276 g/mol. The highest BCUT2D eigenvalue weighted by Crippen LogP contribution is 2.15. The van der Waals surface area contributed by atoms with Crippen LogP contribution in [0.15, 0.2) is 24.3 Å². The van der Waals surface area contributed by atoms with Gasteiger partial charge >= 0.3 is 6.03 Å². The monoisotopic (exact) mass is 276 g/mol. The first-order valence-electron chi connectivity index (χ1n) is 7.28. The zero-order chi connectivity index (χ0) is 14.4. The predicted molar refractivity (Wildman–Crippen MR) is 79.4 cm³/mol. The van der Waals surface area contributed by atoms with Gasteiger partial charge in [-0.25, -0.2) is 4.79 Å². The van der Waals surface area contributed by atoms with E-state index in [1.165, 1.54) is 6.42 Å². The van der Waals surface area contributed by atoms with Crippen LogP contribution >= 0.6 is 0 Å². The third-order valence-electron chi connectivity index (χ3n) is 3.69. The summed E-state index contributed by atoms with van der Waals surface area (Å²) < 4.78 is 5.12. The zero-order valence-corrected chi connectivity index (χ0v) is 12.4. The molecule has 1 atom stereocenters. The minimum atomic E-state index is 0.0497. The quantitative estimate of drug-likeness (QED) is 0.918. The number of carbonyl (C=O) groups excluding carboxylic acids is 1. The molecular formula is C16H24N2O2. The number of amides is 2. The number of methoxy groups -OCH3 is 1. The van der Waals surface area contributed by atoms with Gasteiger partial charge in [0.25, 0.3) is 0 Å². The molecule has 2 amide bonds. The van der Waals surface area contributed by atoms with Crippen molar-refractivity contribution in [1.29, 1.82) is 0 Å². The summed E-state index contributed by atoms with van der Waals surface area (Å²) in [6.07, 6.45) is 2.33. The summed E-state index contributed by atoms with van der Waals surface area (Å²) in [6.45, 7) is 5.12. The van der Waals surface area contributed by atoms with E-state index in [1.54, 1.807) is 7.11 Å². The van der Waals surface area contributed by atoms with Crippen LogP contribution in [0.4, 0.5) is 4.79 Å². The van der Waals surface area contributed by atoms with Crippen molar-refractivity contribution in [3.05, 3.63) is 35.4 Å². The van der Waals surface area contributed by atoms with E-state index in [1.807, 2.05) is 23.1 Å². The SMILES string of the molecule is COCc1cccc(CNC(=O)N2CCCC(C)C2)c1. The summed E-state index contributed by atoms with van der Waals surface area (Å²) in [5, 5.41) is 3.00. The Balaban J connectivity index is 1.85. The molecule has 0 radical (unpaired) electrons. The fourth-order valence-corrected chi connectivity index (χ4v) is 2.66. The molecule has 1 aliphatic rings. The van der Waals surface area contributed by atoms with Crippen molar-refractivity contribution in [2.75, 3.05) is 20.2 Å². The number of hydrogen-bond donors (Lipinski definition) is 1. The number of nitrogens with zero attached hydrogens (tertiary/aromatic N) is 1. The van der Waals surface area contributed by atoms with Gasteiger partial charge in [0, 0.05) is 26.7 Å². The van der Waals surface area contributed by atoms with Crippen LogP contribution in [0.3, 0.4) is 0 Å². The Kier molecular flexibility index (Phi) is 5.41. The highest BCUT2D eigenvalue weighted by Gasteiger charge is 2.20. The topological polar surface area (TPSA) is 41.6 Å². The molecular weight excluding hydrogens is 252 g/mol. The second-order valence-corrected chi connectivity index (χ2v) is 5.61. The largest absolute Gasteiger partial charge is 0.380 e. The van der Waals surface area contributed by atoms with Gasteiger partial charge in [0.05, 0.1) is 6.61 Å². The zero-order valence-electron chi connectivity index (χ0n) is 12.4. The third kappa shape index (κ3) is 4.23. The van der Waals surface area contributed by atoms with E-state index < -0.39 is 0 Å². The van der Waals surface area contributed by atoms with E-state index in [-0.39, 0.29) is 6.03 Å². The molecule has 0 saturated carbocycles. The lowest BCUT2D eigenvalue weighted by molar-refractivity contribution is 0.169. The Hall–Kier alpha value is -1.55. The Labute approximate surface area is 121 Å². The standard InChI is InChI=1S/C16H24N2O2/c1-13-5-4-8-18(11-13)16(19)17-10-14-6-3-7-15(9-14)12-20-2/h3,6-7,9,13H,4-5,8,10-12H2,1-2H3,(H,17,19). The highest BCUT2D eigenvalue weighted by molar-refractivity contribution is 5.74. The summed E-state index contributed by atoms with van der Waals surface area (Å²) in [7, 11) is 1.69. The van der Waals surface area contributed by atoms with Gasteiger partial charge in [0.2, 0.25) is 0 Å². The molecule has 0 aromatic heterocycles. The molecule has 0 spiro atoms. The van der Waals surface area contributed by atoms with E-state index in [2.05, 4.69) is 18.3 Å². The van der Waals surface area contributed by atoms with Crippen LogP contribution in [0.25, 0.3) is 0 Å². The van der Waals surface area contributed by atoms with Gasteiger partial charge < -0.3 is 15.0 Å². The summed E-state index contributed by atoms with van der Waals surface area (Å²) in [4.78, 5) is 14.0. The summed E-state index contributed by atoms with van der Waals surface area (Å²) in [5.41, 5.74) is 2.24. The molecule has 1 heterocycles. The van der Waals surface area contributed by atoms with Gasteiger partial charge in [-0.3, -0.25) is 0 Å². The van der Waals surface area contributed by atoms with Crippen LogP contribution in [-0.2, 0) is 17.9 Å². The molecule has 1 N–H and O–H groups in total. The van der Waals surface area contributed by atoms with Gasteiger partial charge in [-0.15, -0.1) is 0 Å². The summed E-state index contributed by atoms with van der Waals surface area (Å²) in [6, 6.07) is 8.18. The predicted octanol–water partition coefficient (Wildman–Crippen LogP) is 2.77. The van der Waals surface area contributed by atoms with Crippen LogP contribution in [0.2, 0.25) is 0 Å². The average Bonchev–Trinajstić information content (AvgIpc) is 2.45. The lowest BCUT2D eigenvalue weighted by Crippen LogP contribution is -2.44. The summed E-state index contributed by atoms with van der Waals surface area (Å²) >= 11 is 0. The van der Waals surface area contributed by atoms with Crippen molar-refractivity contribution in [3.8, 4) is 0 Å². The van der Waals surface area contributed by atoms with Crippen molar-refractivity contribution in [1.82, 2.24) is 10.2 Å². The molecule has 110 valence electrons. The van der Waals surface area contributed by atoms with E-state index >= 15 is 0 Å². The second kappa shape index (κ2) is 7.29. The van der Waals surface area contributed by atoms with Gasteiger partial charge in [0.15, 0.2) is 0 Å². The smallest absolute Gasteiger partial charge is 0.317 e. The van der Waals surface area contributed by atoms with Crippen LogP contribution in [0, 0.1) is 5.92 Å². The van der Waals surface area contributed by atoms with E-state index in [0.29, 0.717) is 19.1 Å². The van der Waals surface area contributed by atoms with Gasteiger partial charge in [-0.2, -0.15) is 0 Å². The van der Waals surface area contributed by atoms with Crippen LogP contribution < -0.4 is 5.32 Å². The molecule has 1 aromatic carbocycles. The number of nitrogens with one attached hydrogen (secondary N) is 1. The first-order valence-corrected chi connectivity index (χ1v) is 7.28. The lowest BCUT2D eigenvalue weighted by atomic mass is 10.0. The number of urea groups is 1. The molecule has 0 bridgehead atoms. The van der Waals surface area contributed by atoms with Gasteiger partial charge in [-0.05, 0) is 29.9 Å². The van der Waals surface area contributed by atoms with Crippen LogP contribution in [0.5, 0.6) is 0 Å². The van der Waals surface area contributed by atoms with Crippen molar-refractivity contribution < 1.29 is 9.53 Å². The van der Waals surface area contributed by atoms with Gasteiger partial charge in [-0.1, -0.05) is 31.2 Å². The van der Waals surface area contributed by atoms with Crippen molar-refractivity contribution in [2.24, 2.45) is 5.92 Å². The van der Waals surface area contributed by atoms with Crippen molar-refractivity contribution in [2.45, 2.75) is 32.9 Å². The van der Waals surface area contributed by atoms with Crippen LogP contribution in [-0.4, -0.2) is 31.1 Å². The molecule has 4 nitrogen and oxygen atoms in total. The Morgan fingerprint density at radius 1 is 1.45 bits per heavy atom. The molecule has 1 aromatic rings. The first kappa shape index (κ1) is 14.9.